The van der Waals surface area contributed by atoms with Gasteiger partial charge in [-0.05, 0) is 49.0 Å². The van der Waals surface area contributed by atoms with Crippen LogP contribution in [0.2, 0.25) is 0 Å². The van der Waals surface area contributed by atoms with Crippen molar-refractivity contribution in [3.05, 3.63) is 58.3 Å². The normalized spacial score (nSPS) is 10.6. The third kappa shape index (κ3) is 3.57. The SMILES string of the molecule is CNCc1ccc(Sc2ccc(Br)cc2)c(F)c1. The van der Waals surface area contributed by atoms with Gasteiger partial charge in [0, 0.05) is 20.8 Å². The summed E-state index contributed by atoms with van der Waals surface area (Å²) in [6, 6.07) is 13.2. The van der Waals surface area contributed by atoms with E-state index in [1.807, 2.05) is 43.4 Å². The van der Waals surface area contributed by atoms with Gasteiger partial charge in [0.2, 0.25) is 0 Å². The zero-order valence-corrected chi connectivity index (χ0v) is 12.3. The molecule has 94 valence electrons. The predicted octanol–water partition coefficient (Wildman–Crippen LogP) is 4.46. The van der Waals surface area contributed by atoms with E-state index in [-0.39, 0.29) is 5.82 Å². The minimum Gasteiger partial charge on any atom is -0.316 e. The highest BCUT2D eigenvalue weighted by molar-refractivity contribution is 9.10. The third-order valence-electron chi connectivity index (χ3n) is 2.42. The molecule has 0 heterocycles. The lowest BCUT2D eigenvalue weighted by Gasteiger charge is -2.06. The quantitative estimate of drug-likeness (QED) is 0.890. The Balaban J connectivity index is 2.16. The lowest BCUT2D eigenvalue weighted by Crippen LogP contribution is -2.05. The molecule has 1 N–H and O–H groups in total. The second-order valence-corrected chi connectivity index (χ2v) is 5.88. The molecule has 0 aliphatic carbocycles. The van der Waals surface area contributed by atoms with Crippen LogP contribution in [0.4, 0.5) is 4.39 Å². The smallest absolute Gasteiger partial charge is 0.137 e. The van der Waals surface area contributed by atoms with Crippen LogP contribution in [0.25, 0.3) is 0 Å². The molecule has 4 heteroatoms. The molecule has 0 aromatic heterocycles. The van der Waals surface area contributed by atoms with E-state index >= 15 is 0 Å². The summed E-state index contributed by atoms with van der Waals surface area (Å²) < 4.78 is 14.9. The van der Waals surface area contributed by atoms with Crippen LogP contribution < -0.4 is 5.32 Å². The highest BCUT2D eigenvalue weighted by atomic mass is 79.9. The molecule has 0 atom stereocenters. The van der Waals surface area contributed by atoms with Crippen molar-refractivity contribution in [2.45, 2.75) is 16.3 Å². The fraction of sp³-hybridized carbons (Fsp3) is 0.143. The summed E-state index contributed by atoms with van der Waals surface area (Å²) >= 11 is 4.82. The number of nitrogens with one attached hydrogen (secondary N) is 1. The minimum atomic E-state index is -0.171. The third-order valence-corrected chi connectivity index (χ3v) is 4.01. The molecular formula is C14H13BrFNS. The monoisotopic (exact) mass is 325 g/mol. The number of hydrogen-bond acceptors (Lipinski definition) is 2. The van der Waals surface area contributed by atoms with Crippen LogP contribution in [0.1, 0.15) is 5.56 Å². The van der Waals surface area contributed by atoms with Crippen LogP contribution in [0.5, 0.6) is 0 Å². The first-order valence-electron chi connectivity index (χ1n) is 5.55. The Labute approximate surface area is 119 Å². The maximum absolute atomic E-state index is 13.9. The van der Waals surface area contributed by atoms with Gasteiger partial charge in [-0.3, -0.25) is 0 Å². The number of halogens is 2. The van der Waals surface area contributed by atoms with Crippen molar-refractivity contribution < 1.29 is 4.39 Å². The van der Waals surface area contributed by atoms with Crippen molar-refractivity contribution in [3.8, 4) is 0 Å². The summed E-state index contributed by atoms with van der Waals surface area (Å²) in [6.07, 6.45) is 0. The van der Waals surface area contributed by atoms with Gasteiger partial charge >= 0.3 is 0 Å². The molecule has 0 amide bonds. The number of benzene rings is 2. The first-order chi connectivity index (χ1) is 8.69. The van der Waals surface area contributed by atoms with Crippen LogP contribution in [-0.4, -0.2) is 7.05 Å². The lowest BCUT2D eigenvalue weighted by atomic mass is 10.2. The van der Waals surface area contributed by atoms with Crippen molar-refractivity contribution in [3.63, 3.8) is 0 Å². The Kier molecular flexibility index (Phi) is 4.80. The molecule has 1 nitrogen and oxygen atoms in total. The molecule has 0 spiro atoms. The fourth-order valence-electron chi connectivity index (χ4n) is 1.57. The van der Waals surface area contributed by atoms with Crippen LogP contribution in [0.3, 0.4) is 0 Å². The highest BCUT2D eigenvalue weighted by Crippen LogP contribution is 2.30. The van der Waals surface area contributed by atoms with Gasteiger partial charge in [0.05, 0.1) is 0 Å². The maximum Gasteiger partial charge on any atom is 0.137 e. The maximum atomic E-state index is 13.9. The van der Waals surface area contributed by atoms with Gasteiger partial charge in [-0.1, -0.05) is 33.8 Å². The topological polar surface area (TPSA) is 12.0 Å². The van der Waals surface area contributed by atoms with Gasteiger partial charge in [-0.15, -0.1) is 0 Å². The summed E-state index contributed by atoms with van der Waals surface area (Å²) in [5.74, 6) is -0.171. The molecule has 0 saturated heterocycles. The van der Waals surface area contributed by atoms with E-state index in [1.165, 1.54) is 11.8 Å². The van der Waals surface area contributed by atoms with Gasteiger partial charge < -0.3 is 5.32 Å². The molecule has 2 aromatic rings. The molecule has 0 aliphatic heterocycles. The van der Waals surface area contributed by atoms with Crippen molar-refractivity contribution >= 4 is 27.7 Å². The minimum absolute atomic E-state index is 0.171. The molecule has 2 aromatic carbocycles. The first-order valence-corrected chi connectivity index (χ1v) is 7.16. The molecule has 2 rings (SSSR count). The Bertz CT molecular complexity index is 528. The summed E-state index contributed by atoms with van der Waals surface area (Å²) in [5, 5.41) is 3.01. The van der Waals surface area contributed by atoms with Gasteiger partial charge in [0.1, 0.15) is 5.82 Å². The molecular weight excluding hydrogens is 313 g/mol. The fourth-order valence-corrected chi connectivity index (χ4v) is 2.65. The molecule has 0 saturated carbocycles. The second-order valence-electron chi connectivity index (χ2n) is 3.85. The molecule has 0 fully saturated rings. The van der Waals surface area contributed by atoms with E-state index in [4.69, 9.17) is 0 Å². The predicted molar refractivity (Wildman–Crippen MR) is 77.4 cm³/mol. The molecule has 18 heavy (non-hydrogen) atoms. The van der Waals surface area contributed by atoms with Crippen molar-refractivity contribution in [1.29, 1.82) is 0 Å². The average Bonchev–Trinajstić information content (AvgIpc) is 2.36. The van der Waals surface area contributed by atoms with E-state index in [0.29, 0.717) is 11.4 Å². The Morgan fingerprint density at radius 3 is 2.50 bits per heavy atom. The zero-order chi connectivity index (χ0) is 13.0. The Morgan fingerprint density at radius 1 is 1.17 bits per heavy atom. The van der Waals surface area contributed by atoms with Crippen molar-refractivity contribution in [2.24, 2.45) is 0 Å². The van der Waals surface area contributed by atoms with E-state index in [9.17, 15) is 4.39 Å². The molecule has 0 radical (unpaired) electrons. The highest BCUT2D eigenvalue weighted by Gasteiger charge is 2.05. The largest absolute Gasteiger partial charge is 0.316 e. The van der Waals surface area contributed by atoms with Gasteiger partial charge in [-0.25, -0.2) is 4.39 Å². The van der Waals surface area contributed by atoms with Crippen molar-refractivity contribution in [1.82, 2.24) is 5.32 Å². The van der Waals surface area contributed by atoms with Crippen LogP contribution in [0, 0.1) is 5.82 Å². The van der Waals surface area contributed by atoms with E-state index < -0.39 is 0 Å². The Morgan fingerprint density at radius 2 is 1.89 bits per heavy atom. The summed E-state index contributed by atoms with van der Waals surface area (Å²) in [4.78, 5) is 1.68. The molecule has 0 bridgehead atoms. The first kappa shape index (κ1) is 13.6. The average molecular weight is 326 g/mol. The zero-order valence-electron chi connectivity index (χ0n) is 9.91. The van der Waals surface area contributed by atoms with E-state index in [2.05, 4.69) is 21.2 Å². The Hall–Kier alpha value is -0.840. The van der Waals surface area contributed by atoms with Gasteiger partial charge in [0.25, 0.3) is 0 Å². The second kappa shape index (κ2) is 6.36. The van der Waals surface area contributed by atoms with Crippen LogP contribution in [0.15, 0.2) is 56.7 Å². The molecule has 0 unspecified atom stereocenters. The van der Waals surface area contributed by atoms with Crippen LogP contribution >= 0.6 is 27.7 Å². The summed E-state index contributed by atoms with van der Waals surface area (Å²) in [5.41, 5.74) is 0.954. The number of hydrogen-bond donors (Lipinski definition) is 1. The summed E-state index contributed by atoms with van der Waals surface area (Å²) in [6.45, 7) is 0.681. The number of rotatable bonds is 4. The molecule has 0 aliphatic rings. The summed E-state index contributed by atoms with van der Waals surface area (Å²) in [7, 11) is 1.85. The van der Waals surface area contributed by atoms with Crippen LogP contribution in [-0.2, 0) is 6.54 Å². The van der Waals surface area contributed by atoms with E-state index in [1.54, 1.807) is 6.07 Å². The van der Waals surface area contributed by atoms with Crippen molar-refractivity contribution in [2.75, 3.05) is 7.05 Å². The standard InChI is InChI=1S/C14H13BrFNS/c1-17-9-10-2-7-14(13(16)8-10)18-12-5-3-11(15)4-6-12/h2-8,17H,9H2,1H3. The van der Waals surface area contributed by atoms with Gasteiger partial charge in [0.15, 0.2) is 0 Å². The lowest BCUT2D eigenvalue weighted by molar-refractivity contribution is 0.598. The van der Waals surface area contributed by atoms with E-state index in [0.717, 1.165) is 14.9 Å². The van der Waals surface area contributed by atoms with Gasteiger partial charge in [-0.2, -0.15) is 0 Å².